The highest BCUT2D eigenvalue weighted by Crippen LogP contribution is 2.21. The third-order valence-electron chi connectivity index (χ3n) is 5.50. The van der Waals surface area contributed by atoms with Crippen LogP contribution in [0.3, 0.4) is 0 Å². The predicted molar refractivity (Wildman–Crippen MR) is 126 cm³/mol. The molecule has 0 aliphatic rings. The van der Waals surface area contributed by atoms with Crippen molar-refractivity contribution < 1.29 is 19.9 Å². The van der Waals surface area contributed by atoms with E-state index in [1.807, 2.05) is 36.4 Å². The van der Waals surface area contributed by atoms with Gasteiger partial charge in [-0.2, -0.15) is 0 Å². The second kappa shape index (κ2) is 11.4. The van der Waals surface area contributed by atoms with Crippen LogP contribution >= 0.6 is 0 Å². The number of rotatable bonds is 9. The van der Waals surface area contributed by atoms with Gasteiger partial charge in [0.15, 0.2) is 0 Å². The molecule has 2 atom stereocenters. The lowest BCUT2D eigenvalue weighted by Gasteiger charge is -2.19. The van der Waals surface area contributed by atoms with Crippen LogP contribution in [0.1, 0.15) is 34.0 Å². The van der Waals surface area contributed by atoms with Crippen LogP contribution < -0.4 is 16.1 Å². The number of benzene rings is 3. The molecule has 7 nitrogen and oxygen atoms in total. The molecule has 0 fully saturated rings. The maximum Gasteiger partial charge on any atom is 0.268 e. The second-order valence-electron chi connectivity index (χ2n) is 7.97. The largest absolute Gasteiger partial charge is 0.391 e. The molecule has 5 N–H and O–H groups in total. The Morgan fingerprint density at radius 2 is 1.48 bits per heavy atom. The van der Waals surface area contributed by atoms with Crippen LogP contribution in [0.15, 0.2) is 72.8 Å². The number of aliphatic hydroxyl groups is 1. The van der Waals surface area contributed by atoms with Gasteiger partial charge in [-0.25, -0.2) is 5.48 Å². The van der Waals surface area contributed by atoms with Crippen LogP contribution in [-0.4, -0.2) is 34.3 Å². The van der Waals surface area contributed by atoms with Gasteiger partial charge in [0.1, 0.15) is 6.04 Å². The van der Waals surface area contributed by atoms with E-state index in [9.17, 15) is 14.7 Å². The number of aliphatic hydroxyl groups excluding tert-OH is 1. The van der Waals surface area contributed by atoms with Gasteiger partial charge in [0, 0.05) is 18.7 Å². The first-order chi connectivity index (χ1) is 15.9. The first kappa shape index (κ1) is 24.1. The molecule has 0 saturated heterocycles. The fraction of sp³-hybridized carbons (Fsp3) is 0.231. The van der Waals surface area contributed by atoms with E-state index in [0.29, 0.717) is 5.56 Å². The number of carbonyl (C=O) groups is 2. The zero-order valence-corrected chi connectivity index (χ0v) is 18.7. The number of hydrogen-bond acceptors (Lipinski definition) is 5. The Balaban J connectivity index is 1.58. The molecule has 33 heavy (non-hydrogen) atoms. The maximum absolute atomic E-state index is 12.4. The minimum atomic E-state index is -1.26. The minimum absolute atomic E-state index is 0.340. The van der Waals surface area contributed by atoms with Gasteiger partial charge < -0.3 is 15.7 Å². The topological polar surface area (TPSA) is 111 Å². The van der Waals surface area contributed by atoms with Crippen molar-refractivity contribution in [1.29, 1.82) is 0 Å². The van der Waals surface area contributed by atoms with Crippen molar-refractivity contribution in [1.82, 2.24) is 16.1 Å². The smallest absolute Gasteiger partial charge is 0.268 e. The highest BCUT2D eigenvalue weighted by atomic mass is 16.5. The summed E-state index contributed by atoms with van der Waals surface area (Å²) >= 11 is 0. The van der Waals surface area contributed by atoms with Crippen LogP contribution in [-0.2, 0) is 17.9 Å². The molecular formula is C26H29N3O4. The first-order valence-corrected chi connectivity index (χ1v) is 10.8. The molecule has 0 aliphatic heterocycles. The molecule has 0 radical (unpaired) electrons. The van der Waals surface area contributed by atoms with Gasteiger partial charge in [-0.1, -0.05) is 60.7 Å². The Bertz CT molecular complexity index is 1080. The Kier molecular flexibility index (Phi) is 8.32. The highest BCUT2D eigenvalue weighted by molar-refractivity contribution is 5.97. The zero-order chi connectivity index (χ0) is 23.8. The summed E-state index contributed by atoms with van der Waals surface area (Å²) in [6.45, 7) is 5.04. The summed E-state index contributed by atoms with van der Waals surface area (Å²) in [6.07, 6.45) is -1.16. The maximum atomic E-state index is 12.4. The van der Waals surface area contributed by atoms with E-state index in [2.05, 4.69) is 41.8 Å². The fourth-order valence-electron chi connectivity index (χ4n) is 3.48. The van der Waals surface area contributed by atoms with Crippen molar-refractivity contribution >= 4 is 11.8 Å². The van der Waals surface area contributed by atoms with Crippen LogP contribution in [0.25, 0.3) is 11.1 Å². The normalized spacial score (nSPS) is 12.6. The van der Waals surface area contributed by atoms with Crippen molar-refractivity contribution in [2.75, 3.05) is 0 Å². The minimum Gasteiger partial charge on any atom is -0.391 e. The van der Waals surface area contributed by atoms with E-state index in [0.717, 1.165) is 24.2 Å². The number of nitrogens with one attached hydrogen (secondary N) is 3. The average molecular weight is 448 g/mol. The molecule has 0 bridgehead atoms. The van der Waals surface area contributed by atoms with Crippen molar-refractivity contribution in [2.24, 2.45) is 0 Å². The lowest BCUT2D eigenvalue weighted by molar-refractivity contribution is -0.133. The molecule has 0 aliphatic carbocycles. The molecule has 0 unspecified atom stereocenters. The summed E-state index contributed by atoms with van der Waals surface area (Å²) < 4.78 is 0. The standard InChI is InChI=1S/C26H29N3O4/c1-17-5-3-4-6-23(17)16-27-15-19-7-9-20(10-8-19)21-11-13-22(14-12-21)25(31)28-24(18(2)30)26(32)29-33/h3-14,18,24,27,30,33H,15-16H2,1-2H3,(H,28,31)(H,29,32)/t18-,24+/m1/s1. The molecule has 3 rings (SSSR count). The summed E-state index contributed by atoms with van der Waals surface area (Å²) in [7, 11) is 0. The molecule has 0 heterocycles. The molecular weight excluding hydrogens is 418 g/mol. The van der Waals surface area contributed by atoms with Crippen LogP contribution in [0.4, 0.5) is 0 Å². The van der Waals surface area contributed by atoms with E-state index < -0.39 is 24.0 Å². The SMILES string of the molecule is Cc1ccccc1CNCc1ccc(-c2ccc(C(=O)N[C@H](C(=O)NO)[C@@H](C)O)cc2)cc1. The first-order valence-electron chi connectivity index (χ1n) is 10.8. The molecule has 7 heteroatoms. The summed E-state index contributed by atoms with van der Waals surface area (Å²) in [5.41, 5.74) is 7.49. The quantitative estimate of drug-likeness (QED) is 0.256. The molecule has 3 aromatic rings. The predicted octanol–water partition coefficient (Wildman–Crippen LogP) is 2.94. The molecule has 3 aromatic carbocycles. The third kappa shape index (κ3) is 6.49. The summed E-state index contributed by atoms with van der Waals surface area (Å²) in [5, 5.41) is 24.3. The van der Waals surface area contributed by atoms with E-state index in [4.69, 9.17) is 5.21 Å². The third-order valence-corrected chi connectivity index (χ3v) is 5.50. The Labute approximate surface area is 193 Å². The monoisotopic (exact) mass is 447 g/mol. The lowest BCUT2D eigenvalue weighted by Crippen LogP contribution is -2.51. The van der Waals surface area contributed by atoms with Crippen molar-refractivity contribution in [3.63, 3.8) is 0 Å². The van der Waals surface area contributed by atoms with Gasteiger partial charge in [0.2, 0.25) is 0 Å². The second-order valence-corrected chi connectivity index (χ2v) is 7.97. The van der Waals surface area contributed by atoms with E-state index in [1.54, 1.807) is 12.1 Å². The van der Waals surface area contributed by atoms with E-state index in [1.165, 1.54) is 29.1 Å². The summed E-state index contributed by atoms with van der Waals surface area (Å²) in [4.78, 5) is 24.0. The molecule has 0 saturated carbocycles. The van der Waals surface area contributed by atoms with E-state index in [-0.39, 0.29) is 0 Å². The van der Waals surface area contributed by atoms with Gasteiger partial charge in [0.05, 0.1) is 6.10 Å². The lowest BCUT2D eigenvalue weighted by atomic mass is 10.0. The van der Waals surface area contributed by atoms with Gasteiger partial charge in [-0.15, -0.1) is 0 Å². The Hall–Kier alpha value is -3.52. The number of hydrogen-bond donors (Lipinski definition) is 5. The Morgan fingerprint density at radius 3 is 2.06 bits per heavy atom. The zero-order valence-electron chi connectivity index (χ0n) is 18.7. The van der Waals surface area contributed by atoms with Gasteiger partial charge in [-0.05, 0) is 53.8 Å². The van der Waals surface area contributed by atoms with E-state index >= 15 is 0 Å². The summed E-state index contributed by atoms with van der Waals surface area (Å²) in [6, 6.07) is 22.2. The van der Waals surface area contributed by atoms with Crippen LogP contribution in [0.2, 0.25) is 0 Å². The van der Waals surface area contributed by atoms with Crippen LogP contribution in [0.5, 0.6) is 0 Å². The fourth-order valence-corrected chi connectivity index (χ4v) is 3.48. The van der Waals surface area contributed by atoms with Gasteiger partial charge >= 0.3 is 0 Å². The molecule has 0 aromatic heterocycles. The van der Waals surface area contributed by atoms with Gasteiger partial charge in [-0.3, -0.25) is 14.8 Å². The number of hydroxylamine groups is 1. The number of aryl methyl sites for hydroxylation is 1. The van der Waals surface area contributed by atoms with Crippen molar-refractivity contribution in [2.45, 2.75) is 39.1 Å². The average Bonchev–Trinajstić information content (AvgIpc) is 2.83. The molecule has 2 amide bonds. The van der Waals surface area contributed by atoms with Crippen molar-refractivity contribution in [3.05, 3.63) is 95.1 Å². The van der Waals surface area contributed by atoms with Crippen molar-refractivity contribution in [3.8, 4) is 11.1 Å². The van der Waals surface area contributed by atoms with Crippen LogP contribution in [0, 0.1) is 6.92 Å². The van der Waals surface area contributed by atoms with Gasteiger partial charge in [0.25, 0.3) is 11.8 Å². The summed E-state index contributed by atoms with van der Waals surface area (Å²) in [5.74, 6) is -1.41. The Morgan fingerprint density at radius 1 is 0.879 bits per heavy atom. The molecule has 172 valence electrons. The number of amides is 2. The number of carbonyl (C=O) groups excluding carboxylic acids is 2. The molecule has 0 spiro atoms. The highest BCUT2D eigenvalue weighted by Gasteiger charge is 2.25.